The topological polar surface area (TPSA) is 74.6 Å². The van der Waals surface area contributed by atoms with Crippen molar-refractivity contribution >= 4 is 95.2 Å². The largest absolute Gasteiger partial charge is 2.00 e. The second-order valence-electron chi connectivity index (χ2n) is 1.04. The first-order valence-corrected chi connectivity index (χ1v) is 1.86. The van der Waals surface area contributed by atoms with Gasteiger partial charge in [-0.1, -0.05) is 0 Å². The van der Waals surface area contributed by atoms with Crippen LogP contribution in [-0.2, 0) is 9.59 Å². The summed E-state index contributed by atoms with van der Waals surface area (Å²) in [5, 5.41) is 14.8. The van der Waals surface area contributed by atoms with E-state index in [1.54, 1.807) is 0 Å². The molecular formula is C4H12CaO4Sr. The van der Waals surface area contributed by atoms with Crippen molar-refractivity contribution in [2.24, 2.45) is 0 Å². The van der Waals surface area contributed by atoms with Gasteiger partial charge in [0.25, 0.3) is 11.9 Å². The molecule has 0 aromatic heterocycles. The second kappa shape index (κ2) is 17.0. The first-order chi connectivity index (χ1) is 3.46. The Morgan fingerprint density at radius 3 is 1.10 bits per heavy atom. The van der Waals surface area contributed by atoms with Gasteiger partial charge >= 0.3 is 83.2 Å². The van der Waals surface area contributed by atoms with Gasteiger partial charge in [0.15, 0.2) is 0 Å². The van der Waals surface area contributed by atoms with E-state index in [1.165, 1.54) is 0 Å². The van der Waals surface area contributed by atoms with Crippen LogP contribution in [0, 0.1) is 0 Å². The summed E-state index contributed by atoms with van der Waals surface area (Å²) in [6.07, 6.45) is 0. The minimum absolute atomic E-state index is 0. The predicted octanol–water partition coefficient (Wildman–Crippen LogP) is -0.130. The standard InChI is InChI=1S/2C2H4O2.Ca.Sr.4H/c2*1-2(3)4;;;;;;/h2*1H3,(H,3,4);;;;;;/q;;2*+2;4*-1. The second-order valence-corrected chi connectivity index (χ2v) is 1.04. The Morgan fingerprint density at radius 1 is 1.10 bits per heavy atom. The summed E-state index contributed by atoms with van der Waals surface area (Å²) < 4.78 is 0. The monoisotopic (exact) mass is 252 g/mol. The summed E-state index contributed by atoms with van der Waals surface area (Å²) in [6, 6.07) is 0. The Kier molecular flexibility index (Phi) is 38.3. The number of carboxylic acids is 2. The van der Waals surface area contributed by atoms with Gasteiger partial charge in [0.2, 0.25) is 0 Å². The molecule has 10 heavy (non-hydrogen) atoms. The molecule has 0 rings (SSSR count). The van der Waals surface area contributed by atoms with Crippen LogP contribution < -0.4 is 0 Å². The molecule has 0 aromatic carbocycles. The molecule has 0 saturated carbocycles. The Balaban J connectivity index is -0.00000000600. The van der Waals surface area contributed by atoms with Crippen LogP contribution in [0.5, 0.6) is 0 Å². The van der Waals surface area contributed by atoms with Gasteiger partial charge in [0.05, 0.1) is 0 Å². The van der Waals surface area contributed by atoms with Gasteiger partial charge in [-0.3, -0.25) is 9.59 Å². The van der Waals surface area contributed by atoms with Gasteiger partial charge in [-0.2, -0.15) is 0 Å². The zero-order valence-electron chi connectivity index (χ0n) is 10.1. The first-order valence-electron chi connectivity index (χ1n) is 1.86. The van der Waals surface area contributed by atoms with E-state index in [1.807, 2.05) is 0 Å². The van der Waals surface area contributed by atoms with E-state index in [0.717, 1.165) is 13.8 Å². The Morgan fingerprint density at radius 2 is 1.10 bits per heavy atom. The molecule has 0 bridgehead atoms. The molecule has 6 heteroatoms. The molecule has 0 heterocycles. The van der Waals surface area contributed by atoms with Crippen LogP contribution in [0.25, 0.3) is 0 Å². The maximum Gasteiger partial charge on any atom is 2.00 e. The Bertz CT molecular complexity index is 87.3. The fourth-order valence-electron chi connectivity index (χ4n) is 0. The fraction of sp³-hybridized carbons (Fsp3) is 0.500. The zero-order chi connectivity index (χ0) is 7.15. The van der Waals surface area contributed by atoms with E-state index in [9.17, 15) is 0 Å². The number of hydrogen-bond donors (Lipinski definition) is 2. The van der Waals surface area contributed by atoms with Crippen LogP contribution in [0.4, 0.5) is 0 Å². The van der Waals surface area contributed by atoms with E-state index < -0.39 is 11.9 Å². The third kappa shape index (κ3) is 258. The number of aliphatic carboxylic acids is 2. The van der Waals surface area contributed by atoms with Crippen LogP contribution in [0.1, 0.15) is 19.6 Å². The fourth-order valence-corrected chi connectivity index (χ4v) is 0. The quantitative estimate of drug-likeness (QED) is 0.589. The predicted molar refractivity (Wildman–Crippen MR) is 42.6 cm³/mol. The minimum Gasteiger partial charge on any atom is -1.00 e. The average Bonchev–Trinajstić information content (AvgIpc) is 1.25. The van der Waals surface area contributed by atoms with Crippen LogP contribution in [0.15, 0.2) is 0 Å². The third-order valence-electron chi connectivity index (χ3n) is 0. The van der Waals surface area contributed by atoms with E-state index in [2.05, 4.69) is 0 Å². The maximum atomic E-state index is 9.00. The van der Waals surface area contributed by atoms with E-state index in [4.69, 9.17) is 19.8 Å². The van der Waals surface area contributed by atoms with Gasteiger partial charge in [-0.15, -0.1) is 0 Å². The van der Waals surface area contributed by atoms with Gasteiger partial charge in [0, 0.05) is 13.8 Å². The van der Waals surface area contributed by atoms with Gasteiger partial charge < -0.3 is 15.9 Å². The molecule has 0 radical (unpaired) electrons. The molecule has 0 amide bonds. The molecule has 0 fully saturated rings. The van der Waals surface area contributed by atoms with E-state index in [-0.39, 0.29) is 88.9 Å². The van der Waals surface area contributed by atoms with Crippen molar-refractivity contribution in [3.05, 3.63) is 0 Å². The zero-order valence-corrected chi connectivity index (χ0v) is 11.8. The first kappa shape index (κ1) is 22.6. The van der Waals surface area contributed by atoms with Gasteiger partial charge in [-0.05, 0) is 0 Å². The molecule has 56 valence electrons. The third-order valence-corrected chi connectivity index (χ3v) is 0. The number of carbonyl (C=O) groups is 2. The van der Waals surface area contributed by atoms with Crippen molar-refractivity contribution in [3.8, 4) is 0 Å². The molecule has 0 aliphatic carbocycles. The van der Waals surface area contributed by atoms with Crippen molar-refractivity contribution < 1.29 is 25.5 Å². The molecule has 0 saturated heterocycles. The summed E-state index contributed by atoms with van der Waals surface area (Å²) in [7, 11) is 0. The van der Waals surface area contributed by atoms with Crippen LogP contribution in [0.3, 0.4) is 0 Å². The van der Waals surface area contributed by atoms with E-state index >= 15 is 0 Å². The number of hydrogen-bond acceptors (Lipinski definition) is 2. The SMILES string of the molecule is CC(=O)O.CC(=O)O.[Ca+2].[H-].[H-].[H-].[H-].[Sr+2]. The Labute approximate surface area is 132 Å². The van der Waals surface area contributed by atoms with Gasteiger partial charge in [0.1, 0.15) is 0 Å². The van der Waals surface area contributed by atoms with Gasteiger partial charge in [-0.25, -0.2) is 0 Å². The molecule has 0 aliphatic heterocycles. The van der Waals surface area contributed by atoms with E-state index in [0.29, 0.717) is 0 Å². The summed E-state index contributed by atoms with van der Waals surface area (Å²) in [4.78, 5) is 18.0. The number of rotatable bonds is 0. The molecule has 4 nitrogen and oxygen atoms in total. The molecular weight excluding hydrogens is 240 g/mol. The molecule has 0 spiro atoms. The van der Waals surface area contributed by atoms with Crippen molar-refractivity contribution in [1.82, 2.24) is 0 Å². The van der Waals surface area contributed by atoms with Crippen LogP contribution in [-0.4, -0.2) is 105 Å². The van der Waals surface area contributed by atoms with Crippen molar-refractivity contribution in [3.63, 3.8) is 0 Å². The van der Waals surface area contributed by atoms with Crippen molar-refractivity contribution in [1.29, 1.82) is 0 Å². The molecule has 0 atom stereocenters. The normalized spacial score (nSPS) is 5.00. The molecule has 0 unspecified atom stereocenters. The Hall–Kier alpha value is 1.68. The molecule has 2 N–H and O–H groups in total. The van der Waals surface area contributed by atoms with Crippen molar-refractivity contribution in [2.75, 3.05) is 0 Å². The molecule has 0 aliphatic rings. The average molecular weight is 252 g/mol. The summed E-state index contributed by atoms with van der Waals surface area (Å²) >= 11 is 0. The molecule has 0 aromatic rings. The smallest absolute Gasteiger partial charge is 1.00 e. The maximum absolute atomic E-state index is 9.00. The minimum atomic E-state index is -0.833. The summed E-state index contributed by atoms with van der Waals surface area (Å²) in [5.74, 6) is -1.67. The summed E-state index contributed by atoms with van der Waals surface area (Å²) in [6.45, 7) is 2.17. The number of carboxylic acid groups (broad SMARTS) is 2. The van der Waals surface area contributed by atoms with Crippen LogP contribution >= 0.6 is 0 Å². The summed E-state index contributed by atoms with van der Waals surface area (Å²) in [5.41, 5.74) is 0. The van der Waals surface area contributed by atoms with Crippen LogP contribution in [0.2, 0.25) is 0 Å². The van der Waals surface area contributed by atoms with Crippen molar-refractivity contribution in [2.45, 2.75) is 13.8 Å².